The predicted octanol–water partition coefficient (Wildman–Crippen LogP) is 2.46. The van der Waals surface area contributed by atoms with Gasteiger partial charge in [0.1, 0.15) is 0 Å². The molecule has 0 aromatic rings. The average Bonchev–Trinajstić information content (AvgIpc) is 2.02. The van der Waals surface area contributed by atoms with Gasteiger partial charge in [-0.25, -0.2) is 0 Å². The second-order valence-electron chi connectivity index (χ2n) is 3.60. The summed E-state index contributed by atoms with van der Waals surface area (Å²) in [5.74, 6) is 1.62. The van der Waals surface area contributed by atoms with Crippen molar-refractivity contribution in [2.75, 3.05) is 6.61 Å². The summed E-state index contributed by atoms with van der Waals surface area (Å²) in [6, 6.07) is 0. The first-order chi connectivity index (χ1) is 5.11. The van der Waals surface area contributed by atoms with Crippen molar-refractivity contribution in [1.82, 2.24) is 0 Å². The lowest BCUT2D eigenvalue weighted by molar-refractivity contribution is 0.207. The monoisotopic (exact) mass is 156 g/mol. The highest BCUT2D eigenvalue weighted by Crippen LogP contribution is 2.20. The molecule has 0 rings (SSSR count). The first-order valence-electron chi connectivity index (χ1n) is 4.35. The van der Waals surface area contributed by atoms with E-state index in [2.05, 4.69) is 27.4 Å². The van der Waals surface area contributed by atoms with Crippen LogP contribution in [0.3, 0.4) is 0 Å². The fourth-order valence-corrected chi connectivity index (χ4v) is 1.16. The Hall–Kier alpha value is -0.300. The van der Waals surface area contributed by atoms with E-state index in [4.69, 9.17) is 5.11 Å². The average molecular weight is 156 g/mol. The third-order valence-corrected chi connectivity index (χ3v) is 2.36. The van der Waals surface area contributed by atoms with Gasteiger partial charge in [0.2, 0.25) is 0 Å². The maximum absolute atomic E-state index is 8.81. The van der Waals surface area contributed by atoms with E-state index in [0.29, 0.717) is 24.4 Å². The van der Waals surface area contributed by atoms with Crippen LogP contribution in [-0.2, 0) is 0 Å². The molecule has 0 aromatic heterocycles. The van der Waals surface area contributed by atoms with E-state index in [-0.39, 0.29) is 0 Å². The Morgan fingerprint density at radius 2 is 1.91 bits per heavy atom. The van der Waals surface area contributed by atoms with Gasteiger partial charge in [-0.2, -0.15) is 0 Å². The van der Waals surface area contributed by atoms with Crippen LogP contribution in [0, 0.1) is 17.8 Å². The second kappa shape index (κ2) is 5.36. The van der Waals surface area contributed by atoms with Crippen molar-refractivity contribution in [3.8, 4) is 0 Å². The van der Waals surface area contributed by atoms with E-state index in [1.54, 1.807) is 0 Å². The molecule has 0 aromatic carbocycles. The molecule has 0 spiro atoms. The summed E-state index contributed by atoms with van der Waals surface area (Å²) in [4.78, 5) is 0. The maximum atomic E-state index is 8.81. The molecule has 66 valence electrons. The van der Waals surface area contributed by atoms with Gasteiger partial charge < -0.3 is 5.11 Å². The largest absolute Gasteiger partial charge is 0.396 e. The minimum atomic E-state index is 0.300. The third kappa shape index (κ3) is 4.20. The number of aliphatic hydroxyl groups is 1. The van der Waals surface area contributed by atoms with Crippen LogP contribution in [0.4, 0.5) is 0 Å². The molecule has 3 atom stereocenters. The Bertz CT molecular complexity index is 109. The fourth-order valence-electron chi connectivity index (χ4n) is 1.16. The van der Waals surface area contributed by atoms with E-state index >= 15 is 0 Å². The SMILES string of the molecule is C=C[C@H](C)[C@H](C)C[C@@H](C)CO. The highest BCUT2D eigenvalue weighted by atomic mass is 16.3. The predicted molar refractivity (Wildman–Crippen MR) is 49.4 cm³/mol. The summed E-state index contributed by atoms with van der Waals surface area (Å²) in [5, 5.41) is 8.81. The topological polar surface area (TPSA) is 20.2 Å². The van der Waals surface area contributed by atoms with Crippen LogP contribution < -0.4 is 0 Å². The van der Waals surface area contributed by atoms with Gasteiger partial charge in [-0.3, -0.25) is 0 Å². The zero-order valence-electron chi connectivity index (χ0n) is 7.88. The van der Waals surface area contributed by atoms with Crippen LogP contribution in [0.5, 0.6) is 0 Å². The highest BCUT2D eigenvalue weighted by molar-refractivity contribution is 4.79. The Labute approximate surface area is 70.1 Å². The van der Waals surface area contributed by atoms with E-state index in [0.717, 1.165) is 6.42 Å². The molecule has 0 bridgehead atoms. The molecule has 1 heteroatoms. The quantitative estimate of drug-likeness (QED) is 0.606. The Morgan fingerprint density at radius 3 is 2.27 bits per heavy atom. The van der Waals surface area contributed by atoms with Crippen LogP contribution in [0.25, 0.3) is 0 Å². The number of aliphatic hydroxyl groups excluding tert-OH is 1. The molecule has 0 amide bonds. The highest BCUT2D eigenvalue weighted by Gasteiger charge is 2.11. The fraction of sp³-hybridized carbons (Fsp3) is 0.800. The van der Waals surface area contributed by atoms with E-state index in [9.17, 15) is 0 Å². The van der Waals surface area contributed by atoms with Gasteiger partial charge >= 0.3 is 0 Å². The Kier molecular flexibility index (Phi) is 5.22. The summed E-state index contributed by atoms with van der Waals surface area (Å²) in [7, 11) is 0. The van der Waals surface area contributed by atoms with Crippen LogP contribution in [0.1, 0.15) is 27.2 Å². The van der Waals surface area contributed by atoms with E-state index in [1.807, 2.05) is 6.08 Å². The zero-order valence-corrected chi connectivity index (χ0v) is 7.88. The number of hydrogen-bond acceptors (Lipinski definition) is 1. The van der Waals surface area contributed by atoms with Crippen molar-refractivity contribution in [3.05, 3.63) is 12.7 Å². The molecule has 0 aliphatic heterocycles. The molecule has 11 heavy (non-hydrogen) atoms. The van der Waals surface area contributed by atoms with Gasteiger partial charge in [-0.1, -0.05) is 26.8 Å². The molecule has 0 aliphatic carbocycles. The summed E-state index contributed by atoms with van der Waals surface area (Å²) < 4.78 is 0. The molecule has 0 fully saturated rings. The first kappa shape index (κ1) is 10.7. The van der Waals surface area contributed by atoms with Crippen LogP contribution in [0.2, 0.25) is 0 Å². The van der Waals surface area contributed by atoms with Crippen molar-refractivity contribution in [2.24, 2.45) is 17.8 Å². The molecule has 0 heterocycles. The van der Waals surface area contributed by atoms with Crippen LogP contribution in [-0.4, -0.2) is 11.7 Å². The van der Waals surface area contributed by atoms with Gasteiger partial charge in [0, 0.05) is 6.61 Å². The zero-order chi connectivity index (χ0) is 8.85. The van der Waals surface area contributed by atoms with Crippen LogP contribution >= 0.6 is 0 Å². The Morgan fingerprint density at radius 1 is 1.36 bits per heavy atom. The normalized spacial score (nSPS) is 18.9. The standard InChI is InChI=1S/C10H20O/c1-5-9(3)10(4)6-8(2)7-11/h5,8-11H,1,6-7H2,2-4H3/t8-,9+,10-/m1/s1. The molecule has 1 nitrogen and oxygen atoms in total. The molecule has 0 radical (unpaired) electrons. The first-order valence-corrected chi connectivity index (χ1v) is 4.35. The van der Waals surface area contributed by atoms with Gasteiger partial charge in [-0.05, 0) is 24.2 Å². The number of rotatable bonds is 5. The van der Waals surface area contributed by atoms with Crippen molar-refractivity contribution in [2.45, 2.75) is 27.2 Å². The molecule has 0 saturated carbocycles. The lowest BCUT2D eigenvalue weighted by Crippen LogP contribution is -2.12. The lowest BCUT2D eigenvalue weighted by Gasteiger charge is -2.19. The molecule has 1 N–H and O–H groups in total. The molecular formula is C10H20O. The number of hydrogen-bond donors (Lipinski definition) is 1. The van der Waals surface area contributed by atoms with Gasteiger partial charge in [0.15, 0.2) is 0 Å². The third-order valence-electron chi connectivity index (χ3n) is 2.36. The van der Waals surface area contributed by atoms with Crippen LogP contribution in [0.15, 0.2) is 12.7 Å². The second-order valence-corrected chi connectivity index (χ2v) is 3.60. The van der Waals surface area contributed by atoms with E-state index in [1.165, 1.54) is 0 Å². The summed E-state index contributed by atoms with van der Waals surface area (Å²) in [6.07, 6.45) is 3.07. The number of allylic oxidation sites excluding steroid dienone is 1. The van der Waals surface area contributed by atoms with Crippen molar-refractivity contribution >= 4 is 0 Å². The smallest absolute Gasteiger partial charge is 0.0456 e. The van der Waals surface area contributed by atoms with Crippen molar-refractivity contribution < 1.29 is 5.11 Å². The minimum Gasteiger partial charge on any atom is -0.396 e. The van der Waals surface area contributed by atoms with Gasteiger partial charge in [0.05, 0.1) is 0 Å². The Balaban J connectivity index is 3.66. The summed E-state index contributed by atoms with van der Waals surface area (Å²) in [5.41, 5.74) is 0. The summed E-state index contributed by atoms with van der Waals surface area (Å²) >= 11 is 0. The molecular weight excluding hydrogens is 136 g/mol. The molecule has 0 aliphatic rings. The minimum absolute atomic E-state index is 0.300. The summed E-state index contributed by atoms with van der Waals surface area (Å²) in [6.45, 7) is 10.5. The molecule has 0 saturated heterocycles. The van der Waals surface area contributed by atoms with Crippen molar-refractivity contribution in [3.63, 3.8) is 0 Å². The maximum Gasteiger partial charge on any atom is 0.0456 e. The van der Waals surface area contributed by atoms with Crippen molar-refractivity contribution in [1.29, 1.82) is 0 Å². The van der Waals surface area contributed by atoms with Gasteiger partial charge in [-0.15, -0.1) is 6.58 Å². The van der Waals surface area contributed by atoms with E-state index < -0.39 is 0 Å². The lowest BCUT2D eigenvalue weighted by atomic mass is 9.88. The van der Waals surface area contributed by atoms with Gasteiger partial charge in [0.25, 0.3) is 0 Å². The molecule has 0 unspecified atom stereocenters.